The number of nitrogens with one attached hydrogen (secondary N) is 1. The molecule has 1 fully saturated rings. The van der Waals surface area contributed by atoms with Crippen molar-refractivity contribution >= 4 is 18.3 Å². The van der Waals surface area contributed by atoms with Gasteiger partial charge in [-0.15, -0.1) is 12.4 Å². The first kappa shape index (κ1) is 15.7. The molecule has 19 heavy (non-hydrogen) atoms. The fourth-order valence-corrected chi connectivity index (χ4v) is 2.47. The Kier molecular flexibility index (Phi) is 5.57. The van der Waals surface area contributed by atoms with Crippen LogP contribution in [0.4, 0.5) is 4.39 Å². The predicted octanol–water partition coefficient (Wildman–Crippen LogP) is 1.63. The van der Waals surface area contributed by atoms with E-state index in [1.807, 2.05) is 0 Å². The molecule has 3 N–H and O–H groups in total. The Hall–Kier alpha value is -1.33. The smallest absolute Gasteiger partial charge is 0.249 e. The fourth-order valence-electron chi connectivity index (χ4n) is 2.47. The van der Waals surface area contributed by atoms with E-state index in [4.69, 9.17) is 10.5 Å². The molecule has 2 rings (SSSR count). The van der Waals surface area contributed by atoms with Crippen LogP contribution >= 0.6 is 12.4 Å². The molecular weight excluding hydrogens is 271 g/mol. The molecule has 1 amide bonds. The van der Waals surface area contributed by atoms with Gasteiger partial charge in [0.2, 0.25) is 5.91 Å². The average Bonchev–Trinajstić information content (AvgIpc) is 2.38. The molecule has 0 radical (unpaired) electrons. The van der Waals surface area contributed by atoms with Crippen molar-refractivity contribution in [1.82, 2.24) is 5.32 Å². The van der Waals surface area contributed by atoms with Crippen LogP contribution in [0.2, 0.25) is 0 Å². The molecule has 1 aliphatic rings. The van der Waals surface area contributed by atoms with Crippen LogP contribution in [-0.2, 0) is 0 Å². The highest BCUT2D eigenvalue weighted by atomic mass is 35.5. The zero-order chi connectivity index (χ0) is 13.1. The summed E-state index contributed by atoms with van der Waals surface area (Å²) in [6, 6.07) is 5.04. The predicted molar refractivity (Wildman–Crippen MR) is 73.9 cm³/mol. The topological polar surface area (TPSA) is 64.3 Å². The molecule has 1 aliphatic heterocycles. The Balaban J connectivity index is 0.00000180. The molecule has 1 aromatic rings. The summed E-state index contributed by atoms with van der Waals surface area (Å²) in [5.41, 5.74) is 6.31. The summed E-state index contributed by atoms with van der Waals surface area (Å²) in [6.45, 7) is 1.02. The number of carbonyl (C=O) groups is 1. The molecule has 2 atom stereocenters. The monoisotopic (exact) mass is 288 g/mol. The average molecular weight is 289 g/mol. The Morgan fingerprint density at radius 1 is 1.53 bits per heavy atom. The van der Waals surface area contributed by atoms with E-state index >= 15 is 0 Å². The molecular formula is C13H18ClFN2O2. The Labute approximate surface area is 117 Å². The number of primary amides is 1. The van der Waals surface area contributed by atoms with Gasteiger partial charge in [-0.05, 0) is 25.1 Å². The van der Waals surface area contributed by atoms with Crippen molar-refractivity contribution in [3.63, 3.8) is 0 Å². The van der Waals surface area contributed by atoms with E-state index in [2.05, 4.69) is 5.32 Å². The minimum atomic E-state index is -1.03. The van der Waals surface area contributed by atoms with Gasteiger partial charge in [0.1, 0.15) is 11.9 Å². The minimum absolute atomic E-state index is 0. The third kappa shape index (κ3) is 3.16. The summed E-state index contributed by atoms with van der Waals surface area (Å²) in [4.78, 5) is 11.5. The molecule has 106 valence electrons. The number of amides is 1. The molecule has 0 aromatic heterocycles. The normalized spacial score (nSPS) is 22.4. The number of ether oxygens (including phenoxy) is 1. The lowest BCUT2D eigenvalue weighted by molar-refractivity contribution is 0.0997. The van der Waals surface area contributed by atoms with Crippen molar-refractivity contribution in [2.45, 2.75) is 18.5 Å². The maximum atomic E-state index is 14.0. The number of halogens is 2. The van der Waals surface area contributed by atoms with Crippen LogP contribution in [-0.4, -0.2) is 32.3 Å². The number of alkyl halides is 1. The Bertz CT molecular complexity index is 456. The maximum absolute atomic E-state index is 14.0. The molecule has 0 aliphatic carbocycles. The van der Waals surface area contributed by atoms with Gasteiger partial charge in [-0.25, -0.2) is 4.39 Å². The Morgan fingerprint density at radius 3 is 2.84 bits per heavy atom. The highest BCUT2D eigenvalue weighted by Gasteiger charge is 2.31. The van der Waals surface area contributed by atoms with Gasteiger partial charge in [-0.3, -0.25) is 4.79 Å². The van der Waals surface area contributed by atoms with Crippen LogP contribution < -0.4 is 15.8 Å². The number of hydrogen-bond acceptors (Lipinski definition) is 3. The minimum Gasteiger partial charge on any atom is -0.496 e. The summed E-state index contributed by atoms with van der Waals surface area (Å²) < 4.78 is 19.3. The molecule has 0 saturated carbocycles. The van der Waals surface area contributed by atoms with E-state index in [1.54, 1.807) is 18.2 Å². The molecule has 6 heteroatoms. The van der Waals surface area contributed by atoms with E-state index in [-0.39, 0.29) is 18.3 Å². The second-order valence-corrected chi connectivity index (χ2v) is 4.40. The van der Waals surface area contributed by atoms with Gasteiger partial charge in [0.15, 0.2) is 0 Å². The lowest BCUT2D eigenvalue weighted by Crippen LogP contribution is -2.37. The van der Waals surface area contributed by atoms with Crippen LogP contribution in [0.3, 0.4) is 0 Å². The largest absolute Gasteiger partial charge is 0.496 e. The summed E-state index contributed by atoms with van der Waals surface area (Å²) in [5, 5.41) is 2.99. The van der Waals surface area contributed by atoms with Crippen molar-refractivity contribution < 1.29 is 13.9 Å². The second-order valence-electron chi connectivity index (χ2n) is 4.40. The zero-order valence-electron chi connectivity index (χ0n) is 10.7. The maximum Gasteiger partial charge on any atom is 0.249 e. The third-order valence-electron chi connectivity index (χ3n) is 3.33. The van der Waals surface area contributed by atoms with Crippen molar-refractivity contribution in [1.29, 1.82) is 0 Å². The first-order chi connectivity index (χ1) is 8.65. The molecule has 1 saturated heterocycles. The zero-order valence-corrected chi connectivity index (χ0v) is 11.5. The summed E-state index contributed by atoms with van der Waals surface area (Å²) in [5.74, 6) is -0.361. The molecule has 1 heterocycles. The number of rotatable bonds is 3. The molecule has 1 aromatic carbocycles. The first-order valence-electron chi connectivity index (χ1n) is 5.96. The highest BCUT2D eigenvalue weighted by molar-refractivity contribution is 5.95. The van der Waals surface area contributed by atoms with Gasteiger partial charge in [0, 0.05) is 23.6 Å². The van der Waals surface area contributed by atoms with E-state index in [0.717, 1.165) is 6.54 Å². The first-order valence-corrected chi connectivity index (χ1v) is 5.96. The number of carbonyl (C=O) groups excluding carboxylic acids is 1. The van der Waals surface area contributed by atoms with E-state index in [1.165, 1.54) is 7.11 Å². The highest BCUT2D eigenvalue weighted by Crippen LogP contribution is 2.36. The van der Waals surface area contributed by atoms with Gasteiger partial charge in [-0.2, -0.15) is 0 Å². The number of piperidine rings is 1. The van der Waals surface area contributed by atoms with Crippen molar-refractivity contribution in [2.75, 3.05) is 20.2 Å². The van der Waals surface area contributed by atoms with E-state index in [9.17, 15) is 9.18 Å². The summed E-state index contributed by atoms with van der Waals surface area (Å²) >= 11 is 0. The van der Waals surface area contributed by atoms with Gasteiger partial charge >= 0.3 is 0 Å². The molecule has 0 spiro atoms. The number of hydrogen-bond donors (Lipinski definition) is 2. The Morgan fingerprint density at radius 2 is 2.26 bits per heavy atom. The fraction of sp³-hybridized carbons (Fsp3) is 0.462. The van der Waals surface area contributed by atoms with Crippen LogP contribution in [0.5, 0.6) is 5.75 Å². The summed E-state index contributed by atoms with van der Waals surface area (Å²) in [6.07, 6.45) is -0.407. The number of benzene rings is 1. The van der Waals surface area contributed by atoms with E-state index in [0.29, 0.717) is 29.8 Å². The molecule has 4 nitrogen and oxygen atoms in total. The number of nitrogens with two attached hydrogens (primary N) is 1. The molecule has 2 unspecified atom stereocenters. The van der Waals surface area contributed by atoms with Crippen molar-refractivity contribution in [3.05, 3.63) is 29.3 Å². The lowest BCUT2D eigenvalue weighted by Gasteiger charge is -2.29. The lowest BCUT2D eigenvalue weighted by atomic mass is 9.85. The van der Waals surface area contributed by atoms with Crippen LogP contribution in [0, 0.1) is 0 Å². The molecule has 0 bridgehead atoms. The third-order valence-corrected chi connectivity index (χ3v) is 3.33. The SMILES string of the molecule is COc1cccc(C(N)=O)c1C1CCNCC1F.Cl. The number of methoxy groups -OCH3 is 1. The summed E-state index contributed by atoms with van der Waals surface area (Å²) in [7, 11) is 1.51. The van der Waals surface area contributed by atoms with Crippen LogP contribution in [0.15, 0.2) is 18.2 Å². The van der Waals surface area contributed by atoms with Gasteiger partial charge < -0.3 is 15.8 Å². The van der Waals surface area contributed by atoms with Gasteiger partial charge in [0.05, 0.1) is 7.11 Å². The van der Waals surface area contributed by atoms with Crippen molar-refractivity contribution in [2.24, 2.45) is 5.73 Å². The van der Waals surface area contributed by atoms with Crippen LogP contribution in [0.25, 0.3) is 0 Å². The van der Waals surface area contributed by atoms with Gasteiger partial charge in [-0.1, -0.05) is 6.07 Å². The standard InChI is InChI=1S/C13H17FN2O2.ClH/c1-18-11-4-2-3-9(13(15)17)12(11)8-5-6-16-7-10(8)14;/h2-4,8,10,16H,5-7H2,1H3,(H2,15,17);1H. The van der Waals surface area contributed by atoms with Crippen molar-refractivity contribution in [3.8, 4) is 5.75 Å². The quantitative estimate of drug-likeness (QED) is 0.888. The van der Waals surface area contributed by atoms with Gasteiger partial charge in [0.25, 0.3) is 0 Å². The van der Waals surface area contributed by atoms with Crippen LogP contribution in [0.1, 0.15) is 28.3 Å². The second kappa shape index (κ2) is 6.73. The van der Waals surface area contributed by atoms with E-state index < -0.39 is 12.1 Å².